The van der Waals surface area contributed by atoms with Crippen LogP contribution in [0.15, 0.2) is 71.7 Å². The third kappa shape index (κ3) is 3.56. The lowest BCUT2D eigenvalue weighted by Crippen LogP contribution is -2.24. The third-order valence-electron chi connectivity index (χ3n) is 4.92. The van der Waals surface area contributed by atoms with Crippen molar-refractivity contribution in [3.8, 4) is 5.69 Å². The summed E-state index contributed by atoms with van der Waals surface area (Å²) in [7, 11) is 3.88. The van der Waals surface area contributed by atoms with Crippen LogP contribution in [0.5, 0.6) is 0 Å². The van der Waals surface area contributed by atoms with Gasteiger partial charge in [-0.05, 0) is 48.0 Å². The number of rotatable bonds is 4. The molecule has 0 aliphatic carbocycles. The fourth-order valence-electron chi connectivity index (χ4n) is 3.37. The normalized spacial score (nSPS) is 11.8. The first-order valence-corrected chi connectivity index (χ1v) is 9.26. The second-order valence-electron chi connectivity index (χ2n) is 7.16. The van der Waals surface area contributed by atoms with E-state index in [1.54, 1.807) is 12.1 Å². The molecule has 2 aromatic carbocycles. The van der Waals surface area contributed by atoms with E-state index in [2.05, 4.69) is 4.98 Å². The van der Waals surface area contributed by atoms with Crippen LogP contribution in [0, 0.1) is 0 Å². The number of alkyl halides is 3. The van der Waals surface area contributed by atoms with Crippen molar-refractivity contribution in [3.63, 3.8) is 0 Å². The third-order valence-corrected chi connectivity index (χ3v) is 4.92. The molecule has 2 aromatic heterocycles. The Morgan fingerprint density at radius 1 is 1.00 bits per heavy atom. The second-order valence-corrected chi connectivity index (χ2v) is 7.16. The minimum atomic E-state index is -4.50. The van der Waals surface area contributed by atoms with Gasteiger partial charge in [-0.15, -0.1) is 0 Å². The fourth-order valence-corrected chi connectivity index (χ4v) is 3.37. The van der Waals surface area contributed by atoms with Crippen LogP contribution in [0.3, 0.4) is 0 Å². The largest absolute Gasteiger partial charge is 0.416 e. The van der Waals surface area contributed by atoms with Gasteiger partial charge >= 0.3 is 11.9 Å². The Kier molecular flexibility index (Phi) is 4.85. The van der Waals surface area contributed by atoms with E-state index in [0.717, 1.165) is 23.4 Å². The minimum absolute atomic E-state index is 0.125. The highest BCUT2D eigenvalue weighted by atomic mass is 19.4. The topological polar surface area (TPSA) is 43.1 Å². The molecule has 0 radical (unpaired) electrons. The number of fused-ring (bicyclic) bond motifs is 1. The molecule has 5 nitrogen and oxygen atoms in total. The van der Waals surface area contributed by atoms with Gasteiger partial charge in [-0.25, -0.2) is 14.3 Å². The maximum atomic E-state index is 13.2. The van der Waals surface area contributed by atoms with Gasteiger partial charge in [-0.3, -0.25) is 4.57 Å². The van der Waals surface area contributed by atoms with Crippen molar-refractivity contribution in [2.75, 3.05) is 19.0 Å². The first kappa shape index (κ1) is 19.8. The standard InChI is InChI=1S/C22H19F3N4O/c1-27(2)17-10-8-15(9-11-17)14-28-19-7-4-12-26-20(19)29(21(28)30)18-6-3-5-16(13-18)22(23,24)25/h3-13H,14H2,1-2H3. The maximum absolute atomic E-state index is 13.2. The SMILES string of the molecule is CN(C)c1ccc(Cn2c(=O)n(-c3cccc(C(F)(F)F)c3)c3ncccc32)cc1. The number of benzene rings is 2. The summed E-state index contributed by atoms with van der Waals surface area (Å²) in [5.74, 6) is 0. The summed E-state index contributed by atoms with van der Waals surface area (Å²) in [6.45, 7) is 0.278. The van der Waals surface area contributed by atoms with Gasteiger partial charge in [0, 0.05) is 26.0 Å². The average Bonchev–Trinajstić information content (AvgIpc) is 2.99. The molecule has 0 amide bonds. The van der Waals surface area contributed by atoms with Crippen LogP contribution in [0.25, 0.3) is 16.9 Å². The molecule has 154 valence electrons. The number of pyridine rings is 1. The molecule has 0 bridgehead atoms. The molecule has 0 aliphatic heterocycles. The van der Waals surface area contributed by atoms with Crippen LogP contribution in [0.2, 0.25) is 0 Å². The molecule has 0 saturated carbocycles. The van der Waals surface area contributed by atoms with Crippen molar-refractivity contribution < 1.29 is 13.2 Å². The predicted octanol–water partition coefficient (Wildman–Crippen LogP) is 4.32. The molecule has 0 unspecified atom stereocenters. The van der Waals surface area contributed by atoms with Gasteiger partial charge in [0.1, 0.15) is 0 Å². The van der Waals surface area contributed by atoms with E-state index in [1.807, 2.05) is 43.3 Å². The van der Waals surface area contributed by atoms with Gasteiger partial charge in [0.05, 0.1) is 23.3 Å². The summed E-state index contributed by atoms with van der Waals surface area (Å²) in [5, 5.41) is 0. The van der Waals surface area contributed by atoms with Gasteiger partial charge in [-0.1, -0.05) is 18.2 Å². The number of hydrogen-bond acceptors (Lipinski definition) is 3. The number of hydrogen-bond donors (Lipinski definition) is 0. The molecule has 0 aliphatic rings. The zero-order chi connectivity index (χ0) is 21.5. The van der Waals surface area contributed by atoms with E-state index >= 15 is 0 Å². The van der Waals surface area contributed by atoms with E-state index in [0.29, 0.717) is 11.2 Å². The molecule has 2 heterocycles. The summed E-state index contributed by atoms with van der Waals surface area (Å²) in [6, 6.07) is 15.9. The maximum Gasteiger partial charge on any atom is 0.416 e. The fraction of sp³-hybridized carbons (Fsp3) is 0.182. The summed E-state index contributed by atoms with van der Waals surface area (Å²) in [5.41, 5.74) is 1.65. The Morgan fingerprint density at radius 2 is 1.73 bits per heavy atom. The molecule has 0 spiro atoms. The predicted molar refractivity (Wildman–Crippen MR) is 110 cm³/mol. The van der Waals surface area contributed by atoms with Crippen LogP contribution in [-0.4, -0.2) is 28.2 Å². The number of nitrogens with zero attached hydrogens (tertiary/aromatic N) is 4. The Morgan fingerprint density at radius 3 is 2.40 bits per heavy atom. The van der Waals surface area contributed by atoms with E-state index in [9.17, 15) is 18.0 Å². The van der Waals surface area contributed by atoms with E-state index < -0.39 is 17.4 Å². The number of aromatic nitrogens is 3. The van der Waals surface area contributed by atoms with Crippen molar-refractivity contribution in [2.24, 2.45) is 0 Å². The van der Waals surface area contributed by atoms with Crippen LogP contribution in [0.4, 0.5) is 18.9 Å². The smallest absolute Gasteiger partial charge is 0.378 e. The van der Waals surface area contributed by atoms with E-state index in [-0.39, 0.29) is 12.2 Å². The van der Waals surface area contributed by atoms with Crippen LogP contribution in [0.1, 0.15) is 11.1 Å². The Balaban J connectivity index is 1.84. The minimum Gasteiger partial charge on any atom is -0.378 e. The first-order chi connectivity index (χ1) is 14.3. The molecular weight excluding hydrogens is 393 g/mol. The van der Waals surface area contributed by atoms with Crippen molar-refractivity contribution in [3.05, 3.63) is 88.5 Å². The quantitative estimate of drug-likeness (QED) is 0.501. The highest BCUT2D eigenvalue weighted by molar-refractivity contribution is 5.74. The second kappa shape index (κ2) is 7.37. The van der Waals surface area contributed by atoms with Crippen molar-refractivity contribution in [2.45, 2.75) is 12.7 Å². The lowest BCUT2D eigenvalue weighted by Gasteiger charge is -2.12. The molecule has 30 heavy (non-hydrogen) atoms. The molecule has 8 heteroatoms. The number of imidazole rings is 1. The van der Waals surface area contributed by atoms with Crippen LogP contribution in [-0.2, 0) is 12.7 Å². The van der Waals surface area contributed by atoms with Crippen molar-refractivity contribution in [1.29, 1.82) is 0 Å². The van der Waals surface area contributed by atoms with Gasteiger partial charge < -0.3 is 4.90 Å². The molecule has 0 saturated heterocycles. The van der Waals surface area contributed by atoms with E-state index in [4.69, 9.17) is 0 Å². The molecule has 0 N–H and O–H groups in total. The van der Waals surface area contributed by atoms with E-state index in [1.165, 1.54) is 27.5 Å². The molecule has 0 atom stereocenters. The summed E-state index contributed by atoms with van der Waals surface area (Å²) in [4.78, 5) is 19.5. The number of halogens is 3. The summed E-state index contributed by atoms with van der Waals surface area (Å²) in [6.07, 6.45) is -2.98. The highest BCUT2D eigenvalue weighted by Gasteiger charge is 2.31. The first-order valence-electron chi connectivity index (χ1n) is 9.26. The zero-order valence-corrected chi connectivity index (χ0v) is 16.4. The van der Waals surface area contributed by atoms with Gasteiger partial charge in [-0.2, -0.15) is 13.2 Å². The van der Waals surface area contributed by atoms with Crippen molar-refractivity contribution in [1.82, 2.24) is 14.1 Å². The highest BCUT2D eigenvalue weighted by Crippen LogP contribution is 2.30. The molecular formula is C22H19F3N4O. The van der Waals surface area contributed by atoms with Crippen LogP contribution >= 0.6 is 0 Å². The lowest BCUT2D eigenvalue weighted by atomic mass is 10.2. The lowest BCUT2D eigenvalue weighted by molar-refractivity contribution is -0.137. The summed E-state index contributed by atoms with van der Waals surface area (Å²) >= 11 is 0. The van der Waals surface area contributed by atoms with Gasteiger partial charge in [0.2, 0.25) is 0 Å². The van der Waals surface area contributed by atoms with Gasteiger partial charge in [0.25, 0.3) is 0 Å². The van der Waals surface area contributed by atoms with Crippen LogP contribution < -0.4 is 10.6 Å². The monoisotopic (exact) mass is 412 g/mol. The summed E-state index contributed by atoms with van der Waals surface area (Å²) < 4.78 is 42.2. The van der Waals surface area contributed by atoms with Crippen molar-refractivity contribution >= 4 is 16.9 Å². The molecule has 4 aromatic rings. The Bertz CT molecular complexity index is 1250. The molecule has 4 rings (SSSR count). The Hall–Kier alpha value is -3.55. The Labute approximate surface area is 170 Å². The molecule has 0 fully saturated rings. The number of anilines is 1. The average molecular weight is 412 g/mol. The zero-order valence-electron chi connectivity index (χ0n) is 16.4. The van der Waals surface area contributed by atoms with Gasteiger partial charge in [0.15, 0.2) is 5.65 Å².